The Labute approximate surface area is 128 Å². The van der Waals surface area contributed by atoms with E-state index < -0.39 is 0 Å². The van der Waals surface area contributed by atoms with Crippen LogP contribution in [0.15, 0.2) is 12.4 Å². The smallest absolute Gasteiger partial charge is 0.200 e. The molecule has 0 saturated heterocycles. The Morgan fingerprint density at radius 1 is 1.33 bits per heavy atom. The first-order valence-corrected chi connectivity index (χ1v) is 7.59. The number of Topliss-reactive ketones (excluding diaryl/α,β-unsaturated/α-hetero) is 1. The largest absolute Gasteiger partial charge is 0.369 e. The highest BCUT2D eigenvalue weighted by molar-refractivity contribution is 5.88. The van der Waals surface area contributed by atoms with Crippen molar-refractivity contribution < 1.29 is 4.79 Å². The van der Waals surface area contributed by atoms with Gasteiger partial charge in [0.1, 0.15) is 0 Å². The highest BCUT2D eigenvalue weighted by Gasteiger charge is 2.31. The lowest BCUT2D eigenvalue weighted by atomic mass is 9.84. The molecular weight excluding hydrogens is 264 g/mol. The minimum Gasteiger partial charge on any atom is -0.369 e. The van der Waals surface area contributed by atoms with Crippen molar-refractivity contribution in [2.75, 3.05) is 5.73 Å². The van der Waals surface area contributed by atoms with Gasteiger partial charge in [-0.1, -0.05) is 20.8 Å². The molecule has 0 amide bonds. The van der Waals surface area contributed by atoms with E-state index in [9.17, 15) is 4.79 Å². The van der Waals surface area contributed by atoms with E-state index in [1.807, 2.05) is 31.5 Å². The molecule has 0 fully saturated rings. The number of nitrogen functional groups attached to an aromatic ring is 1. The molecule has 5 nitrogen and oxygen atoms in total. The summed E-state index contributed by atoms with van der Waals surface area (Å²) >= 11 is 0. The Kier molecular flexibility index (Phi) is 5.56. The van der Waals surface area contributed by atoms with Crippen molar-refractivity contribution in [1.82, 2.24) is 14.9 Å². The average molecular weight is 294 g/mol. The van der Waals surface area contributed by atoms with Crippen LogP contribution in [-0.2, 0) is 11.3 Å². The van der Waals surface area contributed by atoms with Crippen molar-refractivity contribution in [3.8, 4) is 0 Å². The number of rotatable bonds is 6. The van der Waals surface area contributed by atoms with Crippen molar-refractivity contribution in [2.24, 2.45) is 5.41 Å². The molecule has 0 saturated carbocycles. The molecule has 0 aliphatic heterocycles. The fourth-order valence-corrected chi connectivity index (χ4v) is 2.31. The van der Waals surface area contributed by atoms with E-state index in [0.29, 0.717) is 5.95 Å². The van der Waals surface area contributed by atoms with Gasteiger partial charge in [-0.15, -0.1) is 0 Å². The minimum absolute atomic E-state index is 0.0837. The summed E-state index contributed by atoms with van der Waals surface area (Å²) in [6, 6.07) is -0.130. The van der Waals surface area contributed by atoms with E-state index in [1.165, 1.54) is 0 Å². The summed E-state index contributed by atoms with van der Waals surface area (Å²) in [4.78, 5) is 16.6. The van der Waals surface area contributed by atoms with Crippen molar-refractivity contribution in [3.05, 3.63) is 12.4 Å². The number of aryl methyl sites for hydroxylation is 1. The molecule has 0 radical (unpaired) electrons. The molecule has 1 rings (SSSR count). The van der Waals surface area contributed by atoms with Crippen LogP contribution in [0.3, 0.4) is 0 Å². The second-order valence-electron chi connectivity index (χ2n) is 7.68. The Morgan fingerprint density at radius 2 is 1.95 bits per heavy atom. The maximum Gasteiger partial charge on any atom is 0.200 e. The summed E-state index contributed by atoms with van der Waals surface area (Å²) in [7, 11) is 0. The fourth-order valence-electron chi connectivity index (χ4n) is 2.31. The van der Waals surface area contributed by atoms with Crippen LogP contribution >= 0.6 is 0 Å². The normalized spacial score (nSPS) is 14.2. The number of hydrogen-bond acceptors (Lipinski definition) is 4. The predicted octanol–water partition coefficient (Wildman–Crippen LogP) is 2.62. The van der Waals surface area contributed by atoms with Gasteiger partial charge in [0.05, 0.1) is 6.04 Å². The van der Waals surface area contributed by atoms with Gasteiger partial charge in [0, 0.05) is 29.9 Å². The molecule has 0 aliphatic carbocycles. The number of carbonyl (C=O) groups excluding carboxylic acids is 1. The van der Waals surface area contributed by atoms with Crippen LogP contribution < -0.4 is 11.1 Å². The van der Waals surface area contributed by atoms with Gasteiger partial charge < -0.3 is 15.6 Å². The number of hydrogen-bond donors (Lipinski definition) is 2. The summed E-state index contributed by atoms with van der Waals surface area (Å²) in [6.07, 6.45) is 5.24. The lowest BCUT2D eigenvalue weighted by Gasteiger charge is -2.32. The molecule has 120 valence electrons. The Morgan fingerprint density at radius 3 is 2.38 bits per heavy atom. The first-order valence-electron chi connectivity index (χ1n) is 7.59. The summed E-state index contributed by atoms with van der Waals surface area (Å²) in [6.45, 7) is 13.0. The molecule has 0 aromatic carbocycles. The molecule has 1 aromatic rings. The van der Waals surface area contributed by atoms with Crippen molar-refractivity contribution in [3.63, 3.8) is 0 Å². The molecule has 5 heteroatoms. The van der Waals surface area contributed by atoms with Crippen LogP contribution in [0.25, 0.3) is 0 Å². The van der Waals surface area contributed by atoms with Gasteiger partial charge in [-0.25, -0.2) is 4.98 Å². The number of imidazole rings is 1. The zero-order valence-corrected chi connectivity index (χ0v) is 14.2. The van der Waals surface area contributed by atoms with Crippen molar-refractivity contribution in [2.45, 2.75) is 72.5 Å². The monoisotopic (exact) mass is 294 g/mol. The van der Waals surface area contributed by atoms with E-state index in [1.54, 1.807) is 6.20 Å². The van der Waals surface area contributed by atoms with Gasteiger partial charge in [0.15, 0.2) is 11.7 Å². The van der Waals surface area contributed by atoms with Crippen LogP contribution in [0.5, 0.6) is 0 Å². The lowest BCUT2D eigenvalue weighted by Crippen LogP contribution is -2.50. The van der Waals surface area contributed by atoms with Gasteiger partial charge in [0.25, 0.3) is 0 Å². The maximum absolute atomic E-state index is 12.6. The molecule has 3 N–H and O–H groups in total. The second kappa shape index (κ2) is 6.60. The highest BCUT2D eigenvalue weighted by atomic mass is 16.1. The van der Waals surface area contributed by atoms with Gasteiger partial charge in [-0.05, 0) is 33.6 Å². The summed E-state index contributed by atoms with van der Waals surface area (Å²) in [5.41, 5.74) is 5.34. The number of nitrogens with one attached hydrogen (secondary N) is 1. The van der Waals surface area contributed by atoms with Gasteiger partial charge >= 0.3 is 0 Å². The third kappa shape index (κ3) is 5.87. The Balaban J connectivity index is 2.65. The summed E-state index contributed by atoms with van der Waals surface area (Å²) < 4.78 is 1.91. The highest BCUT2D eigenvalue weighted by Crippen LogP contribution is 2.21. The van der Waals surface area contributed by atoms with E-state index in [4.69, 9.17) is 5.73 Å². The standard InChI is InChI=1S/C16H30N4O/c1-15(2,3)13(21)12(19-16(4,5)6)8-7-10-20-11-9-18-14(20)17/h9,11-12,19H,7-8,10H2,1-6H3,(H2,17,18)/t12-/m1/s1. The van der Waals surface area contributed by atoms with Crippen molar-refractivity contribution >= 4 is 11.7 Å². The molecule has 1 aromatic heterocycles. The van der Waals surface area contributed by atoms with E-state index in [0.717, 1.165) is 19.4 Å². The van der Waals surface area contributed by atoms with Gasteiger partial charge in [-0.3, -0.25) is 4.79 Å². The quantitative estimate of drug-likeness (QED) is 0.846. The molecule has 0 unspecified atom stereocenters. The lowest BCUT2D eigenvalue weighted by molar-refractivity contribution is -0.129. The number of nitrogens with zero attached hydrogens (tertiary/aromatic N) is 2. The second-order valence-corrected chi connectivity index (χ2v) is 7.68. The Hall–Kier alpha value is -1.36. The predicted molar refractivity (Wildman–Crippen MR) is 87.0 cm³/mol. The molecular formula is C16H30N4O. The number of carbonyl (C=O) groups is 1. The number of nitrogens with two attached hydrogens (primary N) is 1. The zero-order chi connectivity index (χ0) is 16.3. The van der Waals surface area contributed by atoms with Crippen LogP contribution in [0.2, 0.25) is 0 Å². The number of aromatic nitrogens is 2. The van der Waals surface area contributed by atoms with E-state index >= 15 is 0 Å². The van der Waals surface area contributed by atoms with Crippen molar-refractivity contribution in [1.29, 1.82) is 0 Å². The third-order valence-electron chi connectivity index (χ3n) is 3.30. The van der Waals surface area contributed by atoms with Gasteiger partial charge in [0.2, 0.25) is 0 Å². The zero-order valence-electron chi connectivity index (χ0n) is 14.2. The van der Waals surface area contributed by atoms with Crippen LogP contribution in [0.4, 0.5) is 5.95 Å². The third-order valence-corrected chi connectivity index (χ3v) is 3.30. The summed E-state index contributed by atoms with van der Waals surface area (Å²) in [5.74, 6) is 0.786. The Bertz CT molecular complexity index is 465. The fraction of sp³-hybridized carbons (Fsp3) is 0.750. The van der Waals surface area contributed by atoms with Crippen LogP contribution in [-0.4, -0.2) is 26.9 Å². The first kappa shape index (κ1) is 17.7. The van der Waals surface area contributed by atoms with E-state index in [2.05, 4.69) is 31.1 Å². The van der Waals surface area contributed by atoms with Gasteiger partial charge in [-0.2, -0.15) is 0 Å². The van der Waals surface area contributed by atoms with E-state index in [-0.39, 0.29) is 22.8 Å². The molecule has 0 bridgehead atoms. The van der Waals surface area contributed by atoms with Crippen LogP contribution in [0.1, 0.15) is 54.4 Å². The number of ketones is 1. The summed E-state index contributed by atoms with van der Waals surface area (Å²) in [5, 5.41) is 3.45. The molecule has 1 heterocycles. The minimum atomic E-state index is -0.336. The van der Waals surface area contributed by atoms with Crippen LogP contribution in [0, 0.1) is 5.41 Å². The SMILES string of the molecule is CC(C)(C)N[C@H](CCCn1ccnc1N)C(=O)C(C)(C)C. The molecule has 1 atom stereocenters. The molecule has 21 heavy (non-hydrogen) atoms. The maximum atomic E-state index is 12.6. The number of anilines is 1. The first-order chi connectivity index (χ1) is 9.50. The average Bonchev–Trinajstić information content (AvgIpc) is 2.70. The molecule has 0 aliphatic rings. The molecule has 0 spiro atoms. The topological polar surface area (TPSA) is 72.9 Å².